The third-order valence-electron chi connectivity index (χ3n) is 4.98. The van der Waals surface area contributed by atoms with Crippen LogP contribution < -0.4 is 4.74 Å². The van der Waals surface area contributed by atoms with Gasteiger partial charge >= 0.3 is 12.1 Å². The van der Waals surface area contributed by atoms with E-state index in [-0.39, 0.29) is 19.8 Å². The zero-order chi connectivity index (χ0) is 20.9. The number of methoxy groups -OCH3 is 2. The van der Waals surface area contributed by atoms with Crippen molar-refractivity contribution >= 4 is 12.1 Å². The number of carbonyl (C=O) groups is 2. The van der Waals surface area contributed by atoms with E-state index in [0.717, 1.165) is 5.56 Å². The predicted molar refractivity (Wildman–Crippen MR) is 105 cm³/mol. The van der Waals surface area contributed by atoms with E-state index in [9.17, 15) is 9.59 Å². The number of nitrogens with zero attached hydrogens (tertiary/aromatic N) is 1. The molecule has 1 aliphatic rings. The van der Waals surface area contributed by atoms with Crippen LogP contribution in [0.4, 0.5) is 4.79 Å². The van der Waals surface area contributed by atoms with Crippen molar-refractivity contribution in [3.05, 3.63) is 65.7 Å². The van der Waals surface area contributed by atoms with Gasteiger partial charge in [-0.2, -0.15) is 0 Å². The van der Waals surface area contributed by atoms with Gasteiger partial charge in [0.15, 0.2) is 11.6 Å². The van der Waals surface area contributed by atoms with Crippen molar-refractivity contribution in [2.45, 2.75) is 25.0 Å². The van der Waals surface area contributed by atoms with Crippen LogP contribution in [0.3, 0.4) is 0 Å². The maximum Gasteiger partial charge on any atom is 0.413 e. The molecule has 7 nitrogen and oxygen atoms in total. The molecule has 2 aromatic rings. The summed E-state index contributed by atoms with van der Waals surface area (Å²) in [7, 11) is 3.05. The van der Waals surface area contributed by atoms with E-state index in [1.54, 1.807) is 14.0 Å². The molecule has 7 heteroatoms. The monoisotopic (exact) mass is 399 g/mol. The van der Waals surface area contributed by atoms with Crippen LogP contribution in [-0.4, -0.2) is 50.1 Å². The zero-order valence-electron chi connectivity index (χ0n) is 16.8. The summed E-state index contributed by atoms with van der Waals surface area (Å²) in [6.45, 7) is 1.81. The van der Waals surface area contributed by atoms with Crippen LogP contribution in [0.25, 0.3) is 0 Å². The highest BCUT2D eigenvalue weighted by molar-refractivity contribution is 5.90. The SMILES string of the molecule is CCOC(=O)[C@]1(Cc2ccc(OC)cc2)[C@H](c2ccccc2)OC(=O)N1COC. The van der Waals surface area contributed by atoms with Crippen LogP contribution in [0.15, 0.2) is 54.6 Å². The smallest absolute Gasteiger partial charge is 0.413 e. The Hall–Kier alpha value is -3.06. The number of hydrogen-bond donors (Lipinski definition) is 0. The van der Waals surface area contributed by atoms with Crippen LogP contribution in [-0.2, 0) is 25.4 Å². The Kier molecular flexibility index (Phi) is 6.39. The highest BCUT2D eigenvalue weighted by Gasteiger charge is 2.61. The van der Waals surface area contributed by atoms with Crippen LogP contribution in [0.5, 0.6) is 5.75 Å². The molecule has 1 amide bonds. The fourth-order valence-corrected chi connectivity index (χ4v) is 3.62. The molecule has 0 aromatic heterocycles. The second-order valence-corrected chi connectivity index (χ2v) is 6.69. The maximum absolute atomic E-state index is 13.3. The summed E-state index contributed by atoms with van der Waals surface area (Å²) in [5.74, 6) is 0.165. The van der Waals surface area contributed by atoms with Gasteiger partial charge < -0.3 is 18.9 Å². The van der Waals surface area contributed by atoms with Gasteiger partial charge in [-0.05, 0) is 30.2 Å². The van der Waals surface area contributed by atoms with E-state index in [4.69, 9.17) is 18.9 Å². The van der Waals surface area contributed by atoms with E-state index >= 15 is 0 Å². The van der Waals surface area contributed by atoms with Gasteiger partial charge in [0.1, 0.15) is 12.5 Å². The number of benzene rings is 2. The molecule has 0 N–H and O–H groups in total. The Balaban J connectivity index is 2.12. The molecule has 1 saturated heterocycles. The van der Waals surface area contributed by atoms with Crippen LogP contribution >= 0.6 is 0 Å². The highest BCUT2D eigenvalue weighted by Crippen LogP contribution is 2.44. The van der Waals surface area contributed by atoms with Crippen molar-refractivity contribution < 1.29 is 28.5 Å². The summed E-state index contributed by atoms with van der Waals surface area (Å²) < 4.78 is 21.6. The normalized spacial score (nSPS) is 21.0. The van der Waals surface area contributed by atoms with Crippen molar-refractivity contribution in [2.75, 3.05) is 27.6 Å². The lowest BCUT2D eigenvalue weighted by Gasteiger charge is -2.36. The van der Waals surface area contributed by atoms with Crippen molar-refractivity contribution in [2.24, 2.45) is 0 Å². The van der Waals surface area contributed by atoms with Crippen molar-refractivity contribution in [1.29, 1.82) is 0 Å². The second-order valence-electron chi connectivity index (χ2n) is 6.69. The summed E-state index contributed by atoms with van der Waals surface area (Å²) in [5, 5.41) is 0. The Labute approximate surface area is 170 Å². The molecule has 0 spiro atoms. The van der Waals surface area contributed by atoms with Gasteiger partial charge in [-0.1, -0.05) is 42.5 Å². The van der Waals surface area contributed by atoms with E-state index in [2.05, 4.69) is 0 Å². The summed E-state index contributed by atoms with van der Waals surface area (Å²) in [6, 6.07) is 16.5. The first-order chi connectivity index (χ1) is 14.1. The minimum Gasteiger partial charge on any atom is -0.497 e. The molecule has 1 fully saturated rings. The molecule has 0 bridgehead atoms. The van der Waals surface area contributed by atoms with Crippen LogP contribution in [0, 0.1) is 0 Å². The Morgan fingerprint density at radius 3 is 2.38 bits per heavy atom. The summed E-state index contributed by atoms with van der Waals surface area (Å²) in [6.07, 6.45) is -1.26. The third-order valence-corrected chi connectivity index (χ3v) is 4.98. The average molecular weight is 399 g/mol. The second kappa shape index (κ2) is 8.96. The molecule has 0 radical (unpaired) electrons. The van der Waals surface area contributed by atoms with Gasteiger partial charge in [-0.3, -0.25) is 4.90 Å². The summed E-state index contributed by atoms with van der Waals surface area (Å²) in [5.41, 5.74) is 0.138. The highest BCUT2D eigenvalue weighted by atomic mass is 16.6. The molecule has 1 aliphatic heterocycles. The number of hydrogen-bond acceptors (Lipinski definition) is 6. The van der Waals surface area contributed by atoms with E-state index in [1.807, 2.05) is 54.6 Å². The fourth-order valence-electron chi connectivity index (χ4n) is 3.62. The van der Waals surface area contributed by atoms with Crippen molar-refractivity contribution in [3.63, 3.8) is 0 Å². The van der Waals surface area contributed by atoms with Gasteiger partial charge in [-0.25, -0.2) is 9.59 Å². The summed E-state index contributed by atoms with van der Waals surface area (Å²) in [4.78, 5) is 27.4. The van der Waals surface area contributed by atoms with Gasteiger partial charge in [0.05, 0.1) is 13.7 Å². The maximum atomic E-state index is 13.3. The van der Waals surface area contributed by atoms with E-state index in [0.29, 0.717) is 11.3 Å². The molecule has 1 heterocycles. The van der Waals surface area contributed by atoms with Crippen molar-refractivity contribution in [1.82, 2.24) is 4.90 Å². The standard InChI is InChI=1S/C22H25NO6/c1-4-28-20(24)22(14-16-10-12-18(27-3)13-11-16)19(17-8-6-5-7-9-17)29-21(25)23(22)15-26-2/h5-13,19H,4,14-15H2,1-3H3/t19-,22-/m0/s1. The first-order valence-electron chi connectivity index (χ1n) is 9.39. The lowest BCUT2D eigenvalue weighted by Crippen LogP contribution is -2.57. The Morgan fingerprint density at radius 2 is 1.79 bits per heavy atom. The van der Waals surface area contributed by atoms with Crippen molar-refractivity contribution in [3.8, 4) is 5.75 Å². The molecule has 0 saturated carbocycles. The Morgan fingerprint density at radius 1 is 1.10 bits per heavy atom. The third kappa shape index (κ3) is 3.91. The van der Waals surface area contributed by atoms with E-state index < -0.39 is 23.7 Å². The molecule has 3 rings (SSSR count). The lowest BCUT2D eigenvalue weighted by molar-refractivity contribution is -0.160. The molecule has 29 heavy (non-hydrogen) atoms. The largest absolute Gasteiger partial charge is 0.497 e. The predicted octanol–water partition coefficient (Wildman–Crippen LogP) is 3.34. The molecule has 2 aromatic carbocycles. The fraction of sp³-hybridized carbons (Fsp3) is 0.364. The van der Waals surface area contributed by atoms with Gasteiger partial charge in [-0.15, -0.1) is 0 Å². The van der Waals surface area contributed by atoms with Gasteiger partial charge in [0.2, 0.25) is 0 Å². The van der Waals surface area contributed by atoms with Gasteiger partial charge in [0.25, 0.3) is 0 Å². The number of ether oxygens (including phenoxy) is 4. The minimum absolute atomic E-state index is 0.100. The lowest BCUT2D eigenvalue weighted by atomic mass is 9.81. The zero-order valence-corrected chi connectivity index (χ0v) is 16.8. The average Bonchev–Trinajstić information content (AvgIpc) is 3.02. The molecule has 154 valence electrons. The number of carbonyl (C=O) groups excluding carboxylic acids is 2. The number of amides is 1. The van der Waals surface area contributed by atoms with Crippen LogP contribution in [0.1, 0.15) is 24.2 Å². The molecular formula is C22H25NO6. The minimum atomic E-state index is -1.40. The quantitative estimate of drug-likeness (QED) is 0.634. The molecule has 2 atom stereocenters. The molecular weight excluding hydrogens is 374 g/mol. The summed E-state index contributed by atoms with van der Waals surface area (Å²) >= 11 is 0. The molecule has 0 unspecified atom stereocenters. The molecule has 0 aliphatic carbocycles. The first-order valence-corrected chi connectivity index (χ1v) is 9.39. The van der Waals surface area contributed by atoms with E-state index in [1.165, 1.54) is 12.0 Å². The van der Waals surface area contributed by atoms with Gasteiger partial charge in [0, 0.05) is 13.5 Å². The number of esters is 1. The number of cyclic esters (lactones) is 1. The Bertz CT molecular complexity index is 838. The topological polar surface area (TPSA) is 74.3 Å². The first kappa shape index (κ1) is 20.7. The number of rotatable bonds is 8. The van der Waals surface area contributed by atoms with Crippen LogP contribution in [0.2, 0.25) is 0 Å².